The van der Waals surface area contributed by atoms with Crippen LogP contribution in [0.4, 0.5) is 0 Å². The van der Waals surface area contributed by atoms with E-state index in [1.54, 1.807) is 0 Å². The minimum Gasteiger partial charge on any atom is -0.102 e. The molecule has 0 N–H and O–H groups in total. The molecule has 0 amide bonds. The average Bonchev–Trinajstić information content (AvgIpc) is 1.97. The second kappa shape index (κ2) is 7.46. The second-order valence-corrected chi connectivity index (χ2v) is 7.72. The van der Waals surface area contributed by atoms with Gasteiger partial charge in [0.05, 0.1) is 0 Å². The predicted octanol–water partition coefficient (Wildman–Crippen LogP) is 4.75. The van der Waals surface area contributed by atoms with E-state index in [4.69, 9.17) is 0 Å². The van der Waals surface area contributed by atoms with Crippen molar-refractivity contribution in [3.05, 3.63) is 11.6 Å². The lowest BCUT2D eigenvalue weighted by Gasteiger charge is -2.20. The summed E-state index contributed by atoms with van der Waals surface area (Å²) in [5, 5.41) is 0. The van der Waals surface area contributed by atoms with Crippen molar-refractivity contribution in [2.75, 3.05) is 18.5 Å². The summed E-state index contributed by atoms with van der Waals surface area (Å²) in [6.45, 7) is 13.8. The van der Waals surface area contributed by atoms with Gasteiger partial charge in [0.2, 0.25) is 0 Å². The van der Waals surface area contributed by atoms with Crippen LogP contribution in [0.25, 0.3) is 0 Å². The van der Waals surface area contributed by atoms with Crippen molar-refractivity contribution in [3.63, 3.8) is 0 Å². The first-order chi connectivity index (χ1) is 6.41. The van der Waals surface area contributed by atoms with E-state index in [0.29, 0.717) is 0 Å². The minimum atomic E-state index is 0.252. The highest BCUT2D eigenvalue weighted by atomic mass is 31.1. The molecule has 0 aromatic heterocycles. The van der Waals surface area contributed by atoms with E-state index in [2.05, 4.69) is 47.6 Å². The molecule has 0 heterocycles. The van der Waals surface area contributed by atoms with Gasteiger partial charge in [0.1, 0.15) is 0 Å². The lowest BCUT2D eigenvalue weighted by molar-refractivity contribution is 0.718. The standard InChI is InChI=1S/C13H27P/c1-11(2)7-8-14(9-12(3)4)10-13(5)6/h7,12-13H,8-10H2,1-6H3. The highest BCUT2D eigenvalue weighted by Gasteiger charge is 2.10. The largest absolute Gasteiger partial charge is 0.102 e. The van der Waals surface area contributed by atoms with E-state index >= 15 is 0 Å². The van der Waals surface area contributed by atoms with Gasteiger partial charge >= 0.3 is 0 Å². The van der Waals surface area contributed by atoms with E-state index in [0.717, 1.165) is 11.8 Å². The van der Waals surface area contributed by atoms with Gasteiger partial charge < -0.3 is 0 Å². The molecule has 0 aliphatic carbocycles. The van der Waals surface area contributed by atoms with Gasteiger partial charge in [-0.1, -0.05) is 39.3 Å². The van der Waals surface area contributed by atoms with Gasteiger partial charge in [0.25, 0.3) is 0 Å². The van der Waals surface area contributed by atoms with Crippen LogP contribution in [0.5, 0.6) is 0 Å². The highest BCUT2D eigenvalue weighted by Crippen LogP contribution is 2.39. The van der Waals surface area contributed by atoms with Crippen molar-refractivity contribution in [2.45, 2.75) is 41.5 Å². The quantitative estimate of drug-likeness (QED) is 0.442. The summed E-state index contributed by atoms with van der Waals surface area (Å²) in [5.74, 6) is 1.73. The molecule has 0 unspecified atom stereocenters. The number of rotatable bonds is 6. The van der Waals surface area contributed by atoms with E-state index in [1.165, 1.54) is 24.1 Å². The van der Waals surface area contributed by atoms with Gasteiger partial charge in [-0.05, 0) is 44.2 Å². The SMILES string of the molecule is CC(C)=CCP(CC(C)C)CC(C)C. The summed E-state index contributed by atoms with van der Waals surface area (Å²) in [7, 11) is 0.252. The van der Waals surface area contributed by atoms with Crippen molar-refractivity contribution in [1.29, 1.82) is 0 Å². The maximum atomic E-state index is 2.43. The first-order valence-electron chi connectivity index (χ1n) is 5.77. The minimum absolute atomic E-state index is 0.252. The molecular formula is C13H27P. The van der Waals surface area contributed by atoms with E-state index in [-0.39, 0.29) is 7.92 Å². The Kier molecular flexibility index (Phi) is 7.55. The summed E-state index contributed by atoms with van der Waals surface area (Å²) >= 11 is 0. The Hall–Kier alpha value is 0.170. The molecule has 0 aromatic rings. The molecule has 0 aliphatic rings. The van der Waals surface area contributed by atoms with Gasteiger partial charge in [-0.2, -0.15) is 0 Å². The number of allylic oxidation sites excluding steroid dienone is 2. The Morgan fingerprint density at radius 2 is 1.43 bits per heavy atom. The lowest BCUT2D eigenvalue weighted by Crippen LogP contribution is -2.04. The second-order valence-electron chi connectivity index (χ2n) is 5.29. The molecule has 0 radical (unpaired) electrons. The molecule has 0 aromatic carbocycles. The van der Waals surface area contributed by atoms with Gasteiger partial charge in [-0.15, -0.1) is 7.92 Å². The van der Waals surface area contributed by atoms with E-state index in [9.17, 15) is 0 Å². The van der Waals surface area contributed by atoms with Crippen LogP contribution in [0.2, 0.25) is 0 Å². The number of hydrogen-bond donors (Lipinski definition) is 0. The third-order valence-electron chi connectivity index (χ3n) is 2.00. The molecule has 84 valence electrons. The van der Waals surface area contributed by atoms with E-state index < -0.39 is 0 Å². The van der Waals surface area contributed by atoms with Crippen molar-refractivity contribution < 1.29 is 0 Å². The fraction of sp³-hybridized carbons (Fsp3) is 0.846. The smallest absolute Gasteiger partial charge is 0.0142 e. The molecular weight excluding hydrogens is 187 g/mol. The zero-order valence-corrected chi connectivity index (χ0v) is 11.7. The zero-order valence-electron chi connectivity index (χ0n) is 10.8. The van der Waals surface area contributed by atoms with Crippen molar-refractivity contribution in [1.82, 2.24) is 0 Å². The summed E-state index contributed by atoms with van der Waals surface area (Å²) in [5.41, 5.74) is 1.48. The molecule has 1 heteroatoms. The van der Waals surface area contributed by atoms with Crippen LogP contribution >= 0.6 is 7.92 Å². The zero-order chi connectivity index (χ0) is 11.1. The van der Waals surface area contributed by atoms with Crippen molar-refractivity contribution in [2.24, 2.45) is 11.8 Å². The summed E-state index contributed by atoms with van der Waals surface area (Å²) in [6, 6.07) is 0. The molecule has 0 bridgehead atoms. The number of hydrogen-bond acceptors (Lipinski definition) is 0. The highest BCUT2D eigenvalue weighted by molar-refractivity contribution is 7.57. The molecule has 0 aliphatic heterocycles. The van der Waals surface area contributed by atoms with Crippen LogP contribution in [-0.2, 0) is 0 Å². The van der Waals surface area contributed by atoms with Gasteiger partial charge in [0.15, 0.2) is 0 Å². The van der Waals surface area contributed by atoms with Crippen molar-refractivity contribution >= 4 is 7.92 Å². The summed E-state index contributed by atoms with van der Waals surface area (Å²) in [6.07, 6.45) is 6.65. The average molecular weight is 214 g/mol. The van der Waals surface area contributed by atoms with E-state index in [1.807, 2.05) is 0 Å². The third-order valence-corrected chi connectivity index (χ3v) is 5.20. The molecule has 0 atom stereocenters. The molecule has 0 fully saturated rings. The molecule has 0 saturated carbocycles. The predicted molar refractivity (Wildman–Crippen MR) is 70.6 cm³/mol. The Morgan fingerprint density at radius 1 is 1.00 bits per heavy atom. The van der Waals surface area contributed by atoms with Gasteiger partial charge in [-0.3, -0.25) is 0 Å². The topological polar surface area (TPSA) is 0 Å². The Morgan fingerprint density at radius 3 is 1.71 bits per heavy atom. The molecule has 0 saturated heterocycles. The Balaban J connectivity index is 4.03. The van der Waals surface area contributed by atoms with Crippen LogP contribution < -0.4 is 0 Å². The van der Waals surface area contributed by atoms with Crippen LogP contribution in [-0.4, -0.2) is 18.5 Å². The molecule has 0 nitrogen and oxygen atoms in total. The fourth-order valence-electron chi connectivity index (χ4n) is 1.57. The Labute approximate surface area is 91.9 Å². The maximum absolute atomic E-state index is 2.43. The monoisotopic (exact) mass is 214 g/mol. The Bertz CT molecular complexity index is 154. The van der Waals surface area contributed by atoms with Crippen LogP contribution in [0.3, 0.4) is 0 Å². The van der Waals surface area contributed by atoms with Crippen LogP contribution in [0.15, 0.2) is 11.6 Å². The van der Waals surface area contributed by atoms with Gasteiger partial charge in [0, 0.05) is 0 Å². The van der Waals surface area contributed by atoms with Crippen molar-refractivity contribution in [3.8, 4) is 0 Å². The fourth-order valence-corrected chi connectivity index (χ4v) is 4.70. The summed E-state index contributed by atoms with van der Waals surface area (Å²) < 4.78 is 0. The van der Waals surface area contributed by atoms with Crippen LogP contribution in [0, 0.1) is 11.8 Å². The molecule has 0 rings (SSSR count). The first kappa shape index (κ1) is 14.2. The maximum Gasteiger partial charge on any atom is -0.0142 e. The summed E-state index contributed by atoms with van der Waals surface area (Å²) in [4.78, 5) is 0. The molecule has 0 spiro atoms. The normalized spacial score (nSPS) is 11.5. The molecule has 14 heavy (non-hydrogen) atoms. The lowest BCUT2D eigenvalue weighted by atomic mass is 10.3. The first-order valence-corrected chi connectivity index (χ1v) is 7.67. The third kappa shape index (κ3) is 8.75. The van der Waals surface area contributed by atoms with Gasteiger partial charge in [-0.25, -0.2) is 0 Å². The van der Waals surface area contributed by atoms with Crippen LogP contribution in [0.1, 0.15) is 41.5 Å².